The van der Waals surface area contributed by atoms with Crippen LogP contribution in [0.3, 0.4) is 0 Å². The van der Waals surface area contributed by atoms with Crippen LogP contribution >= 0.6 is 11.6 Å². The quantitative estimate of drug-likeness (QED) is 0.641. The van der Waals surface area contributed by atoms with Gasteiger partial charge in [0.25, 0.3) is 5.91 Å². The van der Waals surface area contributed by atoms with Gasteiger partial charge in [0.05, 0.1) is 6.20 Å². The van der Waals surface area contributed by atoms with Crippen molar-refractivity contribution in [2.45, 2.75) is 19.0 Å². The van der Waals surface area contributed by atoms with Gasteiger partial charge in [-0.3, -0.25) is 9.69 Å². The van der Waals surface area contributed by atoms with Gasteiger partial charge in [-0.25, -0.2) is 9.78 Å². The first kappa shape index (κ1) is 18.5. The maximum Gasteiger partial charge on any atom is 0.325 e. The number of nitrogens with zero attached hydrogens (tertiary/aromatic N) is 2. The van der Waals surface area contributed by atoms with Gasteiger partial charge in [0.15, 0.2) is 17.3 Å². The third kappa shape index (κ3) is 2.96. The van der Waals surface area contributed by atoms with E-state index in [1.54, 1.807) is 55.6 Å². The van der Waals surface area contributed by atoms with Crippen molar-refractivity contribution in [2.75, 3.05) is 6.79 Å². The number of carbonyl (C=O) groups is 2. The largest absolute Gasteiger partial charge is 0.454 e. The second-order valence-corrected chi connectivity index (χ2v) is 7.58. The fourth-order valence-corrected chi connectivity index (χ4v) is 3.64. The van der Waals surface area contributed by atoms with Crippen LogP contribution in [0.25, 0.3) is 11.3 Å². The fraction of sp³-hybridized carbons (Fsp3) is 0.190. The van der Waals surface area contributed by atoms with Gasteiger partial charge in [0.1, 0.15) is 12.1 Å². The smallest absolute Gasteiger partial charge is 0.325 e. The van der Waals surface area contributed by atoms with Gasteiger partial charge in [0.2, 0.25) is 12.7 Å². The monoisotopic (exact) mass is 425 g/mol. The number of ether oxygens (including phenoxy) is 2. The van der Waals surface area contributed by atoms with E-state index in [1.807, 2.05) is 0 Å². The van der Waals surface area contributed by atoms with E-state index in [2.05, 4.69) is 10.3 Å². The Morgan fingerprint density at radius 2 is 1.90 bits per heavy atom. The highest BCUT2D eigenvalue weighted by molar-refractivity contribution is 6.30. The molecule has 0 aliphatic carbocycles. The Kier molecular flexibility index (Phi) is 4.18. The maximum absolute atomic E-state index is 13.1. The van der Waals surface area contributed by atoms with Crippen molar-refractivity contribution < 1.29 is 23.5 Å². The summed E-state index contributed by atoms with van der Waals surface area (Å²) in [6.45, 7) is 1.69. The molecule has 1 atom stereocenters. The standard InChI is InChI=1S/C21H16ClN3O5/c1-21(13-4-7-15-16(8-13)29-11-28-15)19(26)25(20(27)24-21)10-18-23-9-17(30-18)12-2-5-14(22)6-3-12/h2-9H,10-11H2,1H3,(H,24,27). The Morgan fingerprint density at radius 3 is 2.70 bits per heavy atom. The number of urea groups is 1. The number of rotatable bonds is 4. The van der Waals surface area contributed by atoms with Crippen molar-refractivity contribution in [3.63, 3.8) is 0 Å². The highest BCUT2D eigenvalue weighted by Gasteiger charge is 2.49. The average molecular weight is 426 g/mol. The van der Waals surface area contributed by atoms with Crippen molar-refractivity contribution in [2.24, 2.45) is 0 Å². The van der Waals surface area contributed by atoms with E-state index in [-0.39, 0.29) is 19.2 Å². The van der Waals surface area contributed by atoms with Crippen molar-refractivity contribution >= 4 is 23.5 Å². The zero-order valence-electron chi connectivity index (χ0n) is 15.8. The van der Waals surface area contributed by atoms with E-state index in [9.17, 15) is 9.59 Å². The minimum Gasteiger partial charge on any atom is -0.454 e. The summed E-state index contributed by atoms with van der Waals surface area (Å²) < 4.78 is 16.4. The number of fused-ring (bicyclic) bond motifs is 1. The Balaban J connectivity index is 1.38. The van der Waals surface area contributed by atoms with Crippen molar-refractivity contribution in [1.82, 2.24) is 15.2 Å². The number of benzene rings is 2. The molecule has 2 aromatic carbocycles. The Hall–Kier alpha value is -3.52. The van der Waals surface area contributed by atoms with Crippen LogP contribution in [0, 0.1) is 0 Å². The molecule has 152 valence electrons. The summed E-state index contributed by atoms with van der Waals surface area (Å²) in [6, 6.07) is 11.7. The molecule has 1 aromatic heterocycles. The summed E-state index contributed by atoms with van der Waals surface area (Å²) in [7, 11) is 0. The summed E-state index contributed by atoms with van der Waals surface area (Å²) in [5.41, 5.74) is 0.159. The van der Waals surface area contributed by atoms with E-state index in [0.29, 0.717) is 27.8 Å². The molecule has 3 heterocycles. The molecule has 30 heavy (non-hydrogen) atoms. The van der Waals surface area contributed by atoms with Crippen LogP contribution in [0.4, 0.5) is 4.79 Å². The molecule has 5 rings (SSSR count). The summed E-state index contributed by atoms with van der Waals surface area (Å²) in [5, 5.41) is 3.37. The number of halogens is 1. The van der Waals surface area contributed by atoms with Gasteiger partial charge >= 0.3 is 6.03 Å². The van der Waals surface area contributed by atoms with Crippen LogP contribution in [0.5, 0.6) is 11.5 Å². The van der Waals surface area contributed by atoms with E-state index < -0.39 is 17.5 Å². The highest BCUT2D eigenvalue weighted by Crippen LogP contribution is 2.38. The number of amides is 3. The summed E-state index contributed by atoms with van der Waals surface area (Å²) in [6.07, 6.45) is 1.55. The van der Waals surface area contributed by atoms with Crippen LogP contribution in [-0.4, -0.2) is 28.6 Å². The first-order valence-electron chi connectivity index (χ1n) is 9.19. The molecule has 3 aromatic rings. The highest BCUT2D eigenvalue weighted by atomic mass is 35.5. The SMILES string of the molecule is CC1(c2ccc3c(c2)OCO3)NC(=O)N(Cc2ncc(-c3ccc(Cl)cc3)o2)C1=O. The minimum absolute atomic E-state index is 0.0849. The minimum atomic E-state index is -1.23. The molecule has 0 saturated carbocycles. The lowest BCUT2D eigenvalue weighted by atomic mass is 9.91. The van der Waals surface area contributed by atoms with E-state index in [0.717, 1.165) is 10.5 Å². The third-order valence-electron chi connectivity index (χ3n) is 5.20. The molecule has 2 aliphatic rings. The van der Waals surface area contributed by atoms with Crippen molar-refractivity contribution in [3.05, 3.63) is 65.1 Å². The fourth-order valence-electron chi connectivity index (χ4n) is 3.51. The van der Waals surface area contributed by atoms with Crippen LogP contribution in [0.2, 0.25) is 5.02 Å². The summed E-state index contributed by atoms with van der Waals surface area (Å²) in [4.78, 5) is 31.0. The van der Waals surface area contributed by atoms with Gasteiger partial charge in [-0.05, 0) is 48.9 Å². The van der Waals surface area contributed by atoms with Crippen LogP contribution in [0.1, 0.15) is 18.4 Å². The average Bonchev–Trinajstić information content (AvgIpc) is 3.44. The molecule has 8 nitrogen and oxygen atoms in total. The first-order chi connectivity index (χ1) is 14.4. The van der Waals surface area contributed by atoms with E-state index >= 15 is 0 Å². The lowest BCUT2D eigenvalue weighted by Crippen LogP contribution is -2.40. The van der Waals surface area contributed by atoms with Crippen LogP contribution < -0.4 is 14.8 Å². The molecule has 0 radical (unpaired) electrons. The molecule has 0 spiro atoms. The molecular formula is C21H16ClN3O5. The molecule has 1 unspecified atom stereocenters. The van der Waals surface area contributed by atoms with E-state index in [1.165, 1.54) is 0 Å². The molecule has 1 fully saturated rings. The molecular weight excluding hydrogens is 410 g/mol. The summed E-state index contributed by atoms with van der Waals surface area (Å²) in [5.74, 6) is 1.50. The topological polar surface area (TPSA) is 93.9 Å². The molecule has 9 heteroatoms. The number of hydrogen-bond acceptors (Lipinski definition) is 6. The molecule has 0 bridgehead atoms. The predicted molar refractivity (Wildman–Crippen MR) is 106 cm³/mol. The number of carbonyl (C=O) groups excluding carboxylic acids is 2. The Labute approximate surface area is 176 Å². The van der Waals surface area contributed by atoms with Gasteiger partial charge in [-0.1, -0.05) is 17.7 Å². The normalized spacial score (nSPS) is 20.0. The number of nitrogens with one attached hydrogen (secondary N) is 1. The number of imide groups is 1. The number of hydrogen-bond donors (Lipinski definition) is 1. The zero-order valence-corrected chi connectivity index (χ0v) is 16.6. The van der Waals surface area contributed by atoms with Gasteiger partial charge < -0.3 is 19.2 Å². The van der Waals surface area contributed by atoms with Gasteiger partial charge in [-0.2, -0.15) is 0 Å². The molecule has 2 aliphatic heterocycles. The number of oxazole rings is 1. The lowest BCUT2D eigenvalue weighted by Gasteiger charge is -2.22. The second kappa shape index (κ2) is 6.77. The summed E-state index contributed by atoms with van der Waals surface area (Å²) >= 11 is 5.91. The third-order valence-corrected chi connectivity index (χ3v) is 5.45. The molecule has 1 saturated heterocycles. The zero-order chi connectivity index (χ0) is 20.9. The van der Waals surface area contributed by atoms with Crippen molar-refractivity contribution in [3.8, 4) is 22.8 Å². The molecule has 3 amide bonds. The Morgan fingerprint density at radius 1 is 1.13 bits per heavy atom. The van der Waals surface area contributed by atoms with Crippen LogP contribution in [-0.2, 0) is 16.9 Å². The van der Waals surface area contributed by atoms with Crippen molar-refractivity contribution in [1.29, 1.82) is 0 Å². The van der Waals surface area contributed by atoms with Crippen LogP contribution in [0.15, 0.2) is 53.1 Å². The second-order valence-electron chi connectivity index (χ2n) is 7.14. The Bertz CT molecular complexity index is 1160. The van der Waals surface area contributed by atoms with Gasteiger partial charge in [-0.15, -0.1) is 0 Å². The molecule has 1 N–H and O–H groups in total. The van der Waals surface area contributed by atoms with E-state index in [4.69, 9.17) is 25.5 Å². The predicted octanol–water partition coefficient (Wildman–Crippen LogP) is 3.69. The number of aromatic nitrogens is 1. The lowest BCUT2D eigenvalue weighted by molar-refractivity contribution is -0.131. The maximum atomic E-state index is 13.1. The first-order valence-corrected chi connectivity index (χ1v) is 9.57. The van der Waals surface area contributed by atoms with Gasteiger partial charge in [0, 0.05) is 10.6 Å².